The summed E-state index contributed by atoms with van der Waals surface area (Å²) in [6.07, 6.45) is 2.24. The summed E-state index contributed by atoms with van der Waals surface area (Å²) in [5, 5.41) is 12.5. The summed E-state index contributed by atoms with van der Waals surface area (Å²) in [6.45, 7) is 1.93. The van der Waals surface area contributed by atoms with E-state index < -0.39 is 15.7 Å². The molecule has 1 aliphatic rings. The summed E-state index contributed by atoms with van der Waals surface area (Å²) in [4.78, 5) is 12.3. The minimum atomic E-state index is -3.43. The van der Waals surface area contributed by atoms with Crippen molar-refractivity contribution in [2.45, 2.75) is 37.2 Å². The van der Waals surface area contributed by atoms with Crippen LogP contribution in [0.3, 0.4) is 0 Å². The van der Waals surface area contributed by atoms with Crippen molar-refractivity contribution in [3.05, 3.63) is 29.8 Å². The van der Waals surface area contributed by atoms with Gasteiger partial charge in [0, 0.05) is 12.5 Å². The van der Waals surface area contributed by atoms with Crippen molar-refractivity contribution in [3.8, 4) is 0 Å². The molecule has 1 saturated carbocycles. The Labute approximate surface area is 125 Å². The van der Waals surface area contributed by atoms with Crippen molar-refractivity contribution in [2.75, 3.05) is 12.3 Å². The first kappa shape index (κ1) is 16.0. The third-order valence-electron chi connectivity index (χ3n) is 3.99. The second kappa shape index (κ2) is 6.58. The van der Waals surface area contributed by atoms with Crippen LogP contribution >= 0.6 is 0 Å². The standard InChI is InChI=1S/C15H21NO4S/c1-2-21(19,20)14-9-4-3-7-12(14)15(18)16-10-11-6-5-8-13(11)17/h3-4,7,9,11,13,17H,2,5-6,8,10H2,1H3,(H,16,18). The zero-order valence-corrected chi connectivity index (χ0v) is 12.9. The Hall–Kier alpha value is -1.40. The van der Waals surface area contributed by atoms with Gasteiger partial charge in [-0.15, -0.1) is 0 Å². The summed E-state index contributed by atoms with van der Waals surface area (Å²) in [5.41, 5.74) is 0.173. The number of hydrogen-bond acceptors (Lipinski definition) is 4. The molecule has 2 rings (SSSR count). The van der Waals surface area contributed by atoms with E-state index in [1.54, 1.807) is 19.1 Å². The SMILES string of the molecule is CCS(=O)(=O)c1ccccc1C(=O)NCC1CCCC1O. The fourth-order valence-corrected chi connectivity index (χ4v) is 3.75. The quantitative estimate of drug-likeness (QED) is 0.860. The molecule has 1 aromatic carbocycles. The highest BCUT2D eigenvalue weighted by atomic mass is 32.2. The van der Waals surface area contributed by atoms with Gasteiger partial charge in [-0.1, -0.05) is 25.5 Å². The Morgan fingerprint density at radius 1 is 1.33 bits per heavy atom. The highest BCUT2D eigenvalue weighted by molar-refractivity contribution is 7.91. The van der Waals surface area contributed by atoms with Crippen LogP contribution in [-0.4, -0.2) is 37.8 Å². The minimum absolute atomic E-state index is 0.0430. The molecule has 0 radical (unpaired) electrons. The van der Waals surface area contributed by atoms with E-state index in [1.165, 1.54) is 12.1 Å². The maximum Gasteiger partial charge on any atom is 0.252 e. The fourth-order valence-electron chi connectivity index (χ4n) is 2.66. The lowest BCUT2D eigenvalue weighted by molar-refractivity contribution is 0.0913. The van der Waals surface area contributed by atoms with E-state index in [2.05, 4.69) is 5.32 Å². The molecule has 0 aromatic heterocycles. The molecule has 1 fully saturated rings. The van der Waals surface area contributed by atoms with E-state index in [0.29, 0.717) is 6.54 Å². The van der Waals surface area contributed by atoms with Crippen LogP contribution in [0, 0.1) is 5.92 Å². The van der Waals surface area contributed by atoms with E-state index >= 15 is 0 Å². The molecule has 2 unspecified atom stereocenters. The van der Waals surface area contributed by atoms with E-state index in [1.807, 2.05) is 0 Å². The Kier molecular flexibility index (Phi) is 5.00. The van der Waals surface area contributed by atoms with Crippen molar-refractivity contribution in [3.63, 3.8) is 0 Å². The van der Waals surface area contributed by atoms with Gasteiger partial charge in [0.25, 0.3) is 5.91 Å². The van der Waals surface area contributed by atoms with Gasteiger partial charge in [0.2, 0.25) is 0 Å². The Morgan fingerprint density at radius 3 is 2.67 bits per heavy atom. The smallest absolute Gasteiger partial charge is 0.252 e. The van der Waals surface area contributed by atoms with E-state index in [9.17, 15) is 18.3 Å². The number of benzene rings is 1. The van der Waals surface area contributed by atoms with Crippen LogP contribution in [-0.2, 0) is 9.84 Å². The van der Waals surface area contributed by atoms with E-state index in [-0.39, 0.29) is 28.2 Å². The molecule has 21 heavy (non-hydrogen) atoms. The molecule has 2 N–H and O–H groups in total. The summed E-state index contributed by atoms with van der Waals surface area (Å²) < 4.78 is 24.0. The highest BCUT2D eigenvalue weighted by Crippen LogP contribution is 2.25. The lowest BCUT2D eigenvalue weighted by Gasteiger charge is -2.16. The van der Waals surface area contributed by atoms with Crippen LogP contribution in [0.5, 0.6) is 0 Å². The summed E-state index contributed by atoms with van der Waals surface area (Å²) in [6, 6.07) is 6.23. The van der Waals surface area contributed by atoms with Crippen molar-refractivity contribution < 1.29 is 18.3 Å². The molecule has 2 atom stereocenters. The number of aliphatic hydroxyl groups is 1. The molecule has 6 heteroatoms. The first-order chi connectivity index (χ1) is 9.95. The van der Waals surface area contributed by atoms with Crippen LogP contribution in [0.25, 0.3) is 0 Å². The third kappa shape index (κ3) is 3.63. The topological polar surface area (TPSA) is 83.5 Å². The predicted molar refractivity (Wildman–Crippen MR) is 79.8 cm³/mol. The maximum atomic E-state index is 12.2. The number of carbonyl (C=O) groups excluding carboxylic acids is 1. The largest absolute Gasteiger partial charge is 0.393 e. The average molecular weight is 311 g/mol. The monoisotopic (exact) mass is 311 g/mol. The first-order valence-corrected chi connectivity index (χ1v) is 8.89. The number of hydrogen-bond donors (Lipinski definition) is 2. The molecule has 5 nitrogen and oxygen atoms in total. The molecular weight excluding hydrogens is 290 g/mol. The van der Waals surface area contributed by atoms with Gasteiger partial charge in [0.15, 0.2) is 9.84 Å². The fraction of sp³-hybridized carbons (Fsp3) is 0.533. The number of carbonyl (C=O) groups is 1. The molecule has 1 aliphatic carbocycles. The number of sulfone groups is 1. The molecule has 1 aromatic rings. The molecule has 0 saturated heterocycles. The zero-order valence-electron chi connectivity index (χ0n) is 12.1. The number of amides is 1. The highest BCUT2D eigenvalue weighted by Gasteiger charge is 2.26. The maximum absolute atomic E-state index is 12.2. The average Bonchev–Trinajstić information content (AvgIpc) is 2.90. The van der Waals surface area contributed by atoms with Crippen molar-refractivity contribution in [1.82, 2.24) is 5.32 Å². The van der Waals surface area contributed by atoms with Gasteiger partial charge in [0.1, 0.15) is 0 Å². The molecule has 0 aliphatic heterocycles. The van der Waals surface area contributed by atoms with Crippen LogP contribution in [0.4, 0.5) is 0 Å². The Bertz CT molecular complexity index is 612. The molecular formula is C15H21NO4S. The van der Waals surface area contributed by atoms with Crippen LogP contribution < -0.4 is 5.32 Å². The van der Waals surface area contributed by atoms with Crippen molar-refractivity contribution in [2.24, 2.45) is 5.92 Å². The lowest BCUT2D eigenvalue weighted by atomic mass is 10.1. The van der Waals surface area contributed by atoms with Crippen molar-refractivity contribution >= 4 is 15.7 Å². The molecule has 116 valence electrons. The van der Waals surface area contributed by atoms with Gasteiger partial charge in [-0.3, -0.25) is 4.79 Å². The number of rotatable bonds is 5. The summed E-state index contributed by atoms with van der Waals surface area (Å²) in [7, 11) is -3.43. The van der Waals surface area contributed by atoms with Gasteiger partial charge in [-0.25, -0.2) is 8.42 Å². The second-order valence-corrected chi connectivity index (χ2v) is 7.61. The van der Waals surface area contributed by atoms with Gasteiger partial charge in [0.05, 0.1) is 22.3 Å². The Balaban J connectivity index is 2.13. The van der Waals surface area contributed by atoms with Gasteiger partial charge in [-0.2, -0.15) is 0 Å². The van der Waals surface area contributed by atoms with Crippen molar-refractivity contribution in [1.29, 1.82) is 0 Å². The van der Waals surface area contributed by atoms with E-state index in [0.717, 1.165) is 19.3 Å². The van der Waals surface area contributed by atoms with Crippen LogP contribution in [0.15, 0.2) is 29.2 Å². The second-order valence-electron chi connectivity index (χ2n) is 5.37. The molecule has 0 heterocycles. The number of aliphatic hydroxyl groups excluding tert-OH is 1. The third-order valence-corrected chi connectivity index (χ3v) is 5.78. The van der Waals surface area contributed by atoms with E-state index in [4.69, 9.17) is 0 Å². The van der Waals surface area contributed by atoms with Gasteiger partial charge in [-0.05, 0) is 25.0 Å². The normalized spacial score (nSPS) is 22.2. The van der Waals surface area contributed by atoms with Crippen LogP contribution in [0.1, 0.15) is 36.5 Å². The van der Waals surface area contributed by atoms with Crippen LogP contribution in [0.2, 0.25) is 0 Å². The molecule has 0 bridgehead atoms. The summed E-state index contributed by atoms with van der Waals surface area (Å²) in [5.74, 6) is -0.385. The lowest BCUT2D eigenvalue weighted by Crippen LogP contribution is -2.33. The minimum Gasteiger partial charge on any atom is -0.393 e. The predicted octanol–water partition coefficient (Wildman–Crippen LogP) is 1.37. The molecule has 1 amide bonds. The molecule has 0 spiro atoms. The summed E-state index contributed by atoms with van der Waals surface area (Å²) >= 11 is 0. The van der Waals surface area contributed by atoms with Gasteiger partial charge >= 0.3 is 0 Å². The first-order valence-electron chi connectivity index (χ1n) is 7.23. The zero-order chi connectivity index (χ0) is 15.5. The number of nitrogens with one attached hydrogen (secondary N) is 1. The Morgan fingerprint density at radius 2 is 2.05 bits per heavy atom. The van der Waals surface area contributed by atoms with Gasteiger partial charge < -0.3 is 10.4 Å².